The third-order valence-electron chi connectivity index (χ3n) is 2.52. The van der Waals surface area contributed by atoms with Gasteiger partial charge in [0, 0.05) is 22.5 Å². The molecule has 0 saturated carbocycles. The van der Waals surface area contributed by atoms with Gasteiger partial charge < -0.3 is 5.32 Å². The Morgan fingerprint density at radius 1 is 1.30 bits per heavy atom. The third kappa shape index (κ3) is 4.36. The van der Waals surface area contributed by atoms with Crippen molar-refractivity contribution in [3.8, 4) is 0 Å². The van der Waals surface area contributed by atoms with Gasteiger partial charge in [0.05, 0.1) is 0 Å². The van der Waals surface area contributed by atoms with Crippen molar-refractivity contribution in [1.82, 2.24) is 15.5 Å². The molecule has 2 aromatic rings. The number of hydrogen-bond acceptors (Lipinski definition) is 6. The van der Waals surface area contributed by atoms with Crippen LogP contribution in [0.3, 0.4) is 0 Å². The van der Waals surface area contributed by atoms with Gasteiger partial charge in [-0.1, -0.05) is 66.4 Å². The SMILES string of the molecule is CSc1nnc(Sc2cccc(Cl)c2CNC(C)C)s1. The Morgan fingerprint density at radius 2 is 2.05 bits per heavy atom. The van der Waals surface area contributed by atoms with E-state index in [1.54, 1.807) is 34.9 Å². The van der Waals surface area contributed by atoms with E-state index in [1.165, 1.54) is 0 Å². The van der Waals surface area contributed by atoms with Crippen LogP contribution in [-0.4, -0.2) is 22.5 Å². The van der Waals surface area contributed by atoms with Crippen LogP contribution in [0.15, 0.2) is 31.8 Å². The Balaban J connectivity index is 2.19. The molecule has 1 aromatic carbocycles. The van der Waals surface area contributed by atoms with Crippen molar-refractivity contribution in [2.24, 2.45) is 0 Å². The van der Waals surface area contributed by atoms with Crippen LogP contribution in [0.2, 0.25) is 5.02 Å². The van der Waals surface area contributed by atoms with Crippen LogP contribution in [-0.2, 0) is 6.54 Å². The number of halogens is 1. The molecule has 0 aliphatic carbocycles. The van der Waals surface area contributed by atoms with E-state index in [1.807, 2.05) is 18.4 Å². The van der Waals surface area contributed by atoms with Gasteiger partial charge in [-0.2, -0.15) is 0 Å². The molecule has 0 spiro atoms. The number of nitrogens with zero attached hydrogens (tertiary/aromatic N) is 2. The molecule has 1 N–H and O–H groups in total. The van der Waals surface area contributed by atoms with E-state index in [0.717, 1.165) is 30.7 Å². The molecular weight excluding hydrogens is 330 g/mol. The van der Waals surface area contributed by atoms with Crippen LogP contribution in [0.1, 0.15) is 19.4 Å². The maximum absolute atomic E-state index is 6.32. The maximum Gasteiger partial charge on any atom is 0.179 e. The smallest absolute Gasteiger partial charge is 0.179 e. The first kappa shape index (κ1) is 16.1. The topological polar surface area (TPSA) is 37.8 Å². The zero-order valence-electron chi connectivity index (χ0n) is 11.5. The van der Waals surface area contributed by atoms with Crippen molar-refractivity contribution in [3.05, 3.63) is 28.8 Å². The normalized spacial score (nSPS) is 11.2. The van der Waals surface area contributed by atoms with Crippen LogP contribution in [0.4, 0.5) is 0 Å². The second kappa shape index (κ2) is 7.66. The summed E-state index contributed by atoms with van der Waals surface area (Å²) < 4.78 is 1.93. The van der Waals surface area contributed by atoms with E-state index in [-0.39, 0.29) is 0 Å². The fourth-order valence-corrected chi connectivity index (χ4v) is 4.38. The fourth-order valence-electron chi connectivity index (χ4n) is 1.53. The molecule has 0 unspecified atom stereocenters. The Labute approximate surface area is 136 Å². The Hall–Kier alpha value is -0.270. The molecule has 0 fully saturated rings. The van der Waals surface area contributed by atoms with Crippen molar-refractivity contribution < 1.29 is 0 Å². The summed E-state index contributed by atoms with van der Waals surface area (Å²) in [6, 6.07) is 6.40. The second-order valence-electron chi connectivity index (χ2n) is 4.39. The number of hydrogen-bond donors (Lipinski definition) is 1. The first-order valence-electron chi connectivity index (χ1n) is 6.16. The minimum Gasteiger partial charge on any atom is -0.310 e. The van der Waals surface area contributed by atoms with E-state index in [2.05, 4.69) is 35.4 Å². The summed E-state index contributed by atoms with van der Waals surface area (Å²) in [6.45, 7) is 5.01. The second-order valence-corrected chi connectivity index (χ2v) is 8.12. The predicted octanol–water partition coefficient (Wildman–Crippen LogP) is 4.56. The number of nitrogens with one attached hydrogen (secondary N) is 1. The van der Waals surface area contributed by atoms with Crippen molar-refractivity contribution in [1.29, 1.82) is 0 Å². The molecule has 7 heteroatoms. The van der Waals surface area contributed by atoms with Crippen molar-refractivity contribution in [3.63, 3.8) is 0 Å². The van der Waals surface area contributed by atoms with Gasteiger partial charge in [-0.15, -0.1) is 10.2 Å². The van der Waals surface area contributed by atoms with Gasteiger partial charge in [0.25, 0.3) is 0 Å². The lowest BCUT2D eigenvalue weighted by Gasteiger charge is -2.13. The van der Waals surface area contributed by atoms with Gasteiger partial charge in [-0.3, -0.25) is 0 Å². The van der Waals surface area contributed by atoms with Gasteiger partial charge in [-0.05, 0) is 24.0 Å². The molecule has 108 valence electrons. The highest BCUT2D eigenvalue weighted by molar-refractivity contribution is 8.03. The molecule has 0 radical (unpaired) electrons. The number of thioether (sulfide) groups is 1. The Bertz CT molecular complexity index is 572. The summed E-state index contributed by atoms with van der Waals surface area (Å²) >= 11 is 11.2. The molecule has 0 aliphatic rings. The average molecular weight is 346 g/mol. The zero-order valence-corrected chi connectivity index (χ0v) is 14.7. The van der Waals surface area contributed by atoms with E-state index in [4.69, 9.17) is 11.6 Å². The van der Waals surface area contributed by atoms with Gasteiger partial charge in [0.1, 0.15) is 0 Å². The summed E-state index contributed by atoms with van der Waals surface area (Å²) in [6.07, 6.45) is 2.01. The summed E-state index contributed by atoms with van der Waals surface area (Å²) in [4.78, 5) is 1.13. The molecule has 0 amide bonds. The number of rotatable bonds is 6. The van der Waals surface area contributed by atoms with Crippen molar-refractivity contribution in [2.45, 2.75) is 40.0 Å². The third-order valence-corrected chi connectivity index (χ3v) is 5.93. The number of aromatic nitrogens is 2. The van der Waals surface area contributed by atoms with E-state index < -0.39 is 0 Å². The highest BCUT2D eigenvalue weighted by Gasteiger charge is 2.12. The fraction of sp³-hybridized carbons (Fsp3) is 0.385. The van der Waals surface area contributed by atoms with Crippen LogP contribution in [0, 0.1) is 0 Å². The largest absolute Gasteiger partial charge is 0.310 e. The van der Waals surface area contributed by atoms with Crippen molar-refractivity contribution in [2.75, 3.05) is 6.26 Å². The molecule has 3 nitrogen and oxygen atoms in total. The first-order chi connectivity index (χ1) is 9.60. The molecule has 0 aliphatic heterocycles. The summed E-state index contributed by atoms with van der Waals surface area (Å²) in [5, 5.41) is 12.5. The highest BCUT2D eigenvalue weighted by Crippen LogP contribution is 2.36. The Morgan fingerprint density at radius 3 is 2.70 bits per heavy atom. The quantitative estimate of drug-likeness (QED) is 0.777. The molecule has 2 rings (SSSR count). The lowest BCUT2D eigenvalue weighted by atomic mass is 10.2. The van der Waals surface area contributed by atoms with Crippen LogP contribution in [0.5, 0.6) is 0 Å². The van der Waals surface area contributed by atoms with Crippen LogP contribution < -0.4 is 5.32 Å². The first-order valence-corrected chi connectivity index (χ1v) is 9.40. The minimum atomic E-state index is 0.425. The van der Waals surface area contributed by atoms with Crippen LogP contribution >= 0.6 is 46.5 Å². The molecule has 1 aromatic heterocycles. The van der Waals surface area contributed by atoms with Gasteiger partial charge in [-0.25, -0.2) is 0 Å². The zero-order chi connectivity index (χ0) is 14.5. The lowest BCUT2D eigenvalue weighted by molar-refractivity contribution is 0.585. The lowest BCUT2D eigenvalue weighted by Crippen LogP contribution is -2.22. The predicted molar refractivity (Wildman–Crippen MR) is 89.2 cm³/mol. The summed E-state index contributed by atoms with van der Waals surface area (Å²) in [7, 11) is 0. The highest BCUT2D eigenvalue weighted by atomic mass is 35.5. The molecule has 0 bridgehead atoms. The molecule has 0 saturated heterocycles. The van der Waals surface area contributed by atoms with Crippen molar-refractivity contribution >= 4 is 46.5 Å². The monoisotopic (exact) mass is 345 g/mol. The molecular formula is C13H16ClN3S3. The Kier molecular flexibility index (Phi) is 6.17. The van der Waals surface area contributed by atoms with Gasteiger partial charge in [0.2, 0.25) is 0 Å². The maximum atomic E-state index is 6.32. The summed E-state index contributed by atoms with van der Waals surface area (Å²) in [5.41, 5.74) is 1.12. The van der Waals surface area contributed by atoms with Gasteiger partial charge in [0.15, 0.2) is 8.68 Å². The average Bonchev–Trinajstić information content (AvgIpc) is 2.85. The number of benzene rings is 1. The van der Waals surface area contributed by atoms with E-state index in [0.29, 0.717) is 6.04 Å². The van der Waals surface area contributed by atoms with E-state index in [9.17, 15) is 0 Å². The molecule has 1 heterocycles. The molecule has 0 atom stereocenters. The summed E-state index contributed by atoms with van der Waals surface area (Å²) in [5.74, 6) is 0. The standard InChI is InChI=1S/C13H16ClN3S3/c1-8(2)15-7-9-10(14)5-4-6-11(9)19-13-17-16-12(18-3)20-13/h4-6,8,15H,7H2,1-3H3. The van der Waals surface area contributed by atoms with E-state index >= 15 is 0 Å². The van der Waals surface area contributed by atoms with Gasteiger partial charge >= 0.3 is 0 Å². The minimum absolute atomic E-state index is 0.425. The molecule has 20 heavy (non-hydrogen) atoms. The van der Waals surface area contributed by atoms with Crippen LogP contribution in [0.25, 0.3) is 0 Å².